The van der Waals surface area contributed by atoms with Crippen LogP contribution in [-0.4, -0.2) is 9.52 Å². The Balaban J connectivity index is 2.19. The van der Waals surface area contributed by atoms with Crippen LogP contribution < -0.4 is 0 Å². The highest BCUT2D eigenvalue weighted by Crippen LogP contribution is 1.76. The Morgan fingerprint density at radius 2 is 2.40 bits per heavy atom. The molecule has 0 aliphatic rings. The lowest BCUT2D eigenvalue weighted by Gasteiger charge is -1.77. The van der Waals surface area contributed by atoms with Crippen molar-refractivity contribution in [1.82, 2.24) is 0 Å². The predicted molar refractivity (Wildman–Crippen MR) is 29.0 cm³/mol. The lowest BCUT2D eigenvalue weighted by molar-refractivity contribution is 1.19. The zero-order chi connectivity index (χ0) is 4.12. The number of rotatable bonds is 2. The Bertz CT molecular complexity index is 11.1. The molecule has 0 atom stereocenters. The van der Waals surface area contributed by atoms with Crippen LogP contribution in [0, 0.1) is 6.04 Å². The molecule has 0 aromatic heterocycles. The average molecular weight is 87.2 g/mol. The van der Waals surface area contributed by atoms with Gasteiger partial charge in [-0.1, -0.05) is 25.9 Å². The highest BCUT2D eigenvalue weighted by Gasteiger charge is 1.70. The van der Waals surface area contributed by atoms with Crippen LogP contribution in [0.3, 0.4) is 0 Å². The summed E-state index contributed by atoms with van der Waals surface area (Å²) >= 11 is 0. The molecule has 1 heteroatoms. The van der Waals surface area contributed by atoms with Crippen LogP contribution in [0.25, 0.3) is 0 Å². The molecule has 0 nitrogen and oxygen atoms in total. The second-order valence-corrected chi connectivity index (χ2v) is 2.50. The molecule has 0 amide bonds. The molecule has 0 aliphatic heterocycles. The van der Waals surface area contributed by atoms with Crippen molar-refractivity contribution in [3.05, 3.63) is 6.04 Å². The first kappa shape index (κ1) is 5.22. The van der Waals surface area contributed by atoms with E-state index in [0.717, 1.165) is 0 Å². The Hall–Kier alpha value is 0.217. The molecule has 0 saturated carbocycles. The van der Waals surface area contributed by atoms with E-state index in [1.807, 2.05) is 0 Å². The van der Waals surface area contributed by atoms with Crippen LogP contribution in [-0.2, 0) is 0 Å². The standard InChI is InChI=1S/C4H11Si/c1-3-4-5-2/h4H,3,5H2,1-2H3. The second kappa shape index (κ2) is 4.22. The van der Waals surface area contributed by atoms with Gasteiger partial charge in [-0.3, -0.25) is 0 Å². The molecule has 0 rings (SSSR count). The van der Waals surface area contributed by atoms with E-state index in [1.165, 1.54) is 6.42 Å². The fraction of sp³-hybridized carbons (Fsp3) is 0.750. The van der Waals surface area contributed by atoms with Crippen LogP contribution in [0.1, 0.15) is 13.3 Å². The van der Waals surface area contributed by atoms with Crippen molar-refractivity contribution in [1.29, 1.82) is 0 Å². The van der Waals surface area contributed by atoms with Gasteiger partial charge in [0, 0.05) is 9.52 Å². The fourth-order valence-electron chi connectivity index (χ4n) is 0.289. The summed E-state index contributed by atoms with van der Waals surface area (Å²) < 4.78 is 0. The maximum absolute atomic E-state index is 2.39. The van der Waals surface area contributed by atoms with Gasteiger partial charge in [0.05, 0.1) is 0 Å². The molecule has 0 unspecified atom stereocenters. The van der Waals surface area contributed by atoms with Gasteiger partial charge in [0.25, 0.3) is 0 Å². The van der Waals surface area contributed by atoms with Crippen molar-refractivity contribution in [2.45, 2.75) is 19.9 Å². The van der Waals surface area contributed by atoms with Crippen LogP contribution >= 0.6 is 0 Å². The molecule has 1 radical (unpaired) electrons. The molecule has 0 fully saturated rings. The molecule has 0 aromatic carbocycles. The quantitative estimate of drug-likeness (QED) is 0.436. The van der Waals surface area contributed by atoms with E-state index < -0.39 is 0 Å². The normalized spacial score (nSPS) is 10.8. The van der Waals surface area contributed by atoms with Gasteiger partial charge in [-0.2, -0.15) is 0 Å². The minimum Gasteiger partial charge on any atom is -0.0746 e. The van der Waals surface area contributed by atoms with E-state index in [9.17, 15) is 0 Å². The van der Waals surface area contributed by atoms with Gasteiger partial charge in [-0.15, -0.1) is 0 Å². The third-order valence-electron chi connectivity index (χ3n) is 0.577. The van der Waals surface area contributed by atoms with Crippen LogP contribution in [0.2, 0.25) is 6.55 Å². The van der Waals surface area contributed by atoms with E-state index in [2.05, 4.69) is 19.5 Å². The first-order chi connectivity index (χ1) is 2.41. The summed E-state index contributed by atoms with van der Waals surface area (Å²) in [4.78, 5) is 0. The van der Waals surface area contributed by atoms with Gasteiger partial charge in [-0.25, -0.2) is 0 Å². The molecule has 31 valence electrons. The number of hydrogen-bond donors (Lipinski definition) is 0. The largest absolute Gasteiger partial charge is 0.0746 e. The topological polar surface area (TPSA) is 0 Å². The van der Waals surface area contributed by atoms with Gasteiger partial charge in [0.1, 0.15) is 0 Å². The summed E-state index contributed by atoms with van der Waals surface area (Å²) in [6.45, 7) is 4.49. The van der Waals surface area contributed by atoms with Crippen LogP contribution in [0.15, 0.2) is 0 Å². The highest BCUT2D eigenvalue weighted by molar-refractivity contribution is 6.38. The van der Waals surface area contributed by atoms with Crippen molar-refractivity contribution >= 4 is 9.52 Å². The summed E-state index contributed by atoms with van der Waals surface area (Å²) in [5, 5.41) is 0. The Morgan fingerprint density at radius 1 is 1.80 bits per heavy atom. The molecular formula is C4H11Si. The van der Waals surface area contributed by atoms with Crippen molar-refractivity contribution in [2.75, 3.05) is 0 Å². The summed E-state index contributed by atoms with van der Waals surface area (Å²) in [7, 11) is 0.289. The lowest BCUT2D eigenvalue weighted by atomic mass is 10.6. The van der Waals surface area contributed by atoms with Crippen LogP contribution in [0.4, 0.5) is 0 Å². The molecule has 0 aliphatic carbocycles. The monoisotopic (exact) mass is 87.1 g/mol. The molecule has 0 saturated heterocycles. The Morgan fingerprint density at radius 3 is 2.40 bits per heavy atom. The average Bonchev–Trinajstić information content (AvgIpc) is 1.41. The molecule has 0 heterocycles. The third-order valence-corrected chi connectivity index (χ3v) is 1.73. The summed E-state index contributed by atoms with van der Waals surface area (Å²) in [6, 6.07) is 2.39. The van der Waals surface area contributed by atoms with Crippen LogP contribution in [0.5, 0.6) is 0 Å². The molecule has 0 spiro atoms. The van der Waals surface area contributed by atoms with Crippen molar-refractivity contribution in [2.24, 2.45) is 0 Å². The zero-order valence-electron chi connectivity index (χ0n) is 3.99. The summed E-state index contributed by atoms with van der Waals surface area (Å²) in [5.74, 6) is 0. The van der Waals surface area contributed by atoms with E-state index in [-0.39, 0.29) is 9.52 Å². The smallest absolute Gasteiger partial charge is 0.0200 e. The van der Waals surface area contributed by atoms with Crippen molar-refractivity contribution in [3.63, 3.8) is 0 Å². The molecule has 0 aromatic rings. The van der Waals surface area contributed by atoms with E-state index >= 15 is 0 Å². The first-order valence-electron chi connectivity index (χ1n) is 2.23. The second-order valence-electron chi connectivity index (χ2n) is 1.11. The lowest BCUT2D eigenvalue weighted by Crippen LogP contribution is -1.77. The zero-order valence-corrected chi connectivity index (χ0v) is 5.41. The Kier molecular flexibility index (Phi) is 4.40. The van der Waals surface area contributed by atoms with Gasteiger partial charge in [0.2, 0.25) is 0 Å². The first-order valence-corrected chi connectivity index (χ1v) is 4.46. The minimum atomic E-state index is 0.289. The van der Waals surface area contributed by atoms with E-state index in [0.29, 0.717) is 0 Å². The fourth-order valence-corrected chi connectivity index (χ4v) is 0.866. The molecule has 0 bridgehead atoms. The third kappa shape index (κ3) is 4.22. The van der Waals surface area contributed by atoms with Gasteiger partial charge >= 0.3 is 0 Å². The van der Waals surface area contributed by atoms with Crippen molar-refractivity contribution < 1.29 is 0 Å². The maximum atomic E-state index is 2.39. The van der Waals surface area contributed by atoms with Gasteiger partial charge < -0.3 is 0 Å². The number of hydrogen-bond acceptors (Lipinski definition) is 0. The molecule has 5 heavy (non-hydrogen) atoms. The van der Waals surface area contributed by atoms with E-state index in [4.69, 9.17) is 0 Å². The van der Waals surface area contributed by atoms with Gasteiger partial charge in [0.15, 0.2) is 0 Å². The summed E-state index contributed by atoms with van der Waals surface area (Å²) in [5.41, 5.74) is 0. The highest BCUT2D eigenvalue weighted by atomic mass is 28.2. The molecule has 0 N–H and O–H groups in total. The molecular weight excluding hydrogens is 76.1 g/mol. The predicted octanol–water partition coefficient (Wildman–Crippen LogP) is 0.775. The van der Waals surface area contributed by atoms with Crippen molar-refractivity contribution in [3.8, 4) is 0 Å². The Labute approximate surface area is 36.4 Å². The minimum absolute atomic E-state index is 0.289. The van der Waals surface area contributed by atoms with Gasteiger partial charge in [-0.05, 0) is 0 Å². The maximum Gasteiger partial charge on any atom is 0.0200 e. The summed E-state index contributed by atoms with van der Waals surface area (Å²) in [6.07, 6.45) is 1.28. The van der Waals surface area contributed by atoms with E-state index in [1.54, 1.807) is 0 Å². The SMILES string of the molecule is CC[CH][SiH2]C.